The van der Waals surface area contributed by atoms with E-state index in [4.69, 9.17) is 5.84 Å². The summed E-state index contributed by atoms with van der Waals surface area (Å²) >= 11 is 0. The first-order valence-electron chi connectivity index (χ1n) is 5.57. The van der Waals surface area contributed by atoms with Crippen molar-refractivity contribution in [1.82, 2.24) is 9.29 Å². The Kier molecular flexibility index (Phi) is 3.60. The molecule has 0 spiro atoms. The Labute approximate surface area is 101 Å². The number of nitrogens with one attached hydrogen (secondary N) is 1. The van der Waals surface area contributed by atoms with Gasteiger partial charge in [0.25, 0.3) is 0 Å². The van der Waals surface area contributed by atoms with Gasteiger partial charge in [0.05, 0.1) is 4.90 Å². The predicted octanol–water partition coefficient (Wildman–Crippen LogP) is 0.542. The second-order valence-electron chi connectivity index (χ2n) is 3.99. The van der Waals surface area contributed by atoms with E-state index in [-0.39, 0.29) is 4.90 Å². The van der Waals surface area contributed by atoms with Gasteiger partial charge in [0, 0.05) is 25.4 Å². The van der Waals surface area contributed by atoms with Crippen LogP contribution in [-0.4, -0.2) is 30.8 Å². The Morgan fingerprint density at radius 3 is 2.65 bits per heavy atom. The van der Waals surface area contributed by atoms with Gasteiger partial charge in [-0.1, -0.05) is 6.42 Å². The van der Waals surface area contributed by atoms with Crippen molar-refractivity contribution in [3.8, 4) is 0 Å². The fraction of sp³-hybridized carbons (Fsp3) is 0.500. The molecule has 94 valence electrons. The molecule has 1 saturated heterocycles. The molecule has 0 radical (unpaired) electrons. The summed E-state index contributed by atoms with van der Waals surface area (Å²) in [6, 6.07) is 2.94. The van der Waals surface area contributed by atoms with Crippen LogP contribution in [0.1, 0.15) is 19.3 Å². The Bertz CT molecular complexity index is 483. The van der Waals surface area contributed by atoms with E-state index in [2.05, 4.69) is 10.4 Å². The Balaban J connectivity index is 2.29. The average Bonchev–Trinajstić information content (AvgIpc) is 2.40. The molecule has 2 rings (SSSR count). The lowest BCUT2D eigenvalue weighted by atomic mass is 10.2. The maximum Gasteiger partial charge on any atom is 0.243 e. The highest BCUT2D eigenvalue weighted by Crippen LogP contribution is 2.21. The Morgan fingerprint density at radius 1 is 1.29 bits per heavy atom. The van der Waals surface area contributed by atoms with Crippen LogP contribution in [0.25, 0.3) is 0 Å². The largest absolute Gasteiger partial charge is 0.308 e. The van der Waals surface area contributed by atoms with E-state index < -0.39 is 10.0 Å². The summed E-state index contributed by atoms with van der Waals surface area (Å²) in [5, 5.41) is 0. The van der Waals surface area contributed by atoms with Gasteiger partial charge in [-0.3, -0.25) is 0 Å². The summed E-state index contributed by atoms with van der Waals surface area (Å²) in [5.74, 6) is 5.57. The number of sulfonamides is 1. The van der Waals surface area contributed by atoms with Crippen LogP contribution in [0.4, 0.5) is 5.82 Å². The molecule has 1 aromatic heterocycles. The van der Waals surface area contributed by atoms with Gasteiger partial charge in [-0.05, 0) is 18.9 Å². The first kappa shape index (κ1) is 12.3. The molecule has 1 fully saturated rings. The normalized spacial score (nSPS) is 17.9. The number of piperidine rings is 1. The van der Waals surface area contributed by atoms with Gasteiger partial charge in [0.1, 0.15) is 5.82 Å². The zero-order chi connectivity index (χ0) is 12.3. The van der Waals surface area contributed by atoms with Gasteiger partial charge in [-0.15, -0.1) is 0 Å². The molecular weight excluding hydrogens is 240 g/mol. The third-order valence-corrected chi connectivity index (χ3v) is 4.73. The maximum atomic E-state index is 12.3. The number of hydrogen-bond donors (Lipinski definition) is 2. The van der Waals surface area contributed by atoms with Gasteiger partial charge in [-0.25, -0.2) is 19.2 Å². The first-order chi connectivity index (χ1) is 8.14. The SMILES string of the molecule is NNc1cc(S(=O)(=O)N2CCCCC2)ccn1. The van der Waals surface area contributed by atoms with E-state index >= 15 is 0 Å². The number of nitrogen functional groups attached to an aromatic ring is 1. The standard InChI is InChI=1S/C10H16N4O2S/c11-13-10-8-9(4-5-12-10)17(15,16)14-6-2-1-3-7-14/h4-5,8H,1-3,6-7,11H2,(H,12,13). The highest BCUT2D eigenvalue weighted by Gasteiger charge is 2.26. The molecule has 1 aromatic rings. The molecular formula is C10H16N4O2S. The van der Waals surface area contributed by atoms with E-state index in [9.17, 15) is 8.42 Å². The smallest absolute Gasteiger partial charge is 0.243 e. The number of nitrogens with two attached hydrogens (primary N) is 1. The van der Waals surface area contributed by atoms with Gasteiger partial charge in [0.15, 0.2) is 0 Å². The van der Waals surface area contributed by atoms with E-state index in [1.165, 1.54) is 22.6 Å². The summed E-state index contributed by atoms with van der Waals surface area (Å²) in [6.45, 7) is 1.19. The molecule has 3 N–H and O–H groups in total. The number of pyridine rings is 1. The molecule has 0 amide bonds. The van der Waals surface area contributed by atoms with Gasteiger partial charge in [0.2, 0.25) is 10.0 Å². The number of rotatable bonds is 3. The van der Waals surface area contributed by atoms with Crippen molar-refractivity contribution in [2.24, 2.45) is 5.84 Å². The summed E-state index contributed by atoms with van der Waals surface area (Å²) < 4.78 is 26.1. The summed E-state index contributed by atoms with van der Waals surface area (Å²) in [7, 11) is -3.40. The minimum Gasteiger partial charge on any atom is -0.308 e. The van der Waals surface area contributed by atoms with Crippen molar-refractivity contribution in [3.63, 3.8) is 0 Å². The molecule has 0 atom stereocenters. The van der Waals surface area contributed by atoms with Crippen LogP contribution >= 0.6 is 0 Å². The average molecular weight is 256 g/mol. The van der Waals surface area contributed by atoms with Gasteiger partial charge >= 0.3 is 0 Å². The molecule has 2 heterocycles. The van der Waals surface area contributed by atoms with E-state index in [1.807, 2.05) is 0 Å². The lowest BCUT2D eigenvalue weighted by Gasteiger charge is -2.25. The highest BCUT2D eigenvalue weighted by atomic mass is 32.2. The first-order valence-corrected chi connectivity index (χ1v) is 7.01. The highest BCUT2D eigenvalue weighted by molar-refractivity contribution is 7.89. The summed E-state index contributed by atoms with van der Waals surface area (Å²) in [4.78, 5) is 4.14. The molecule has 1 aliphatic rings. The van der Waals surface area contributed by atoms with E-state index in [1.54, 1.807) is 0 Å². The number of nitrogens with zero attached hydrogens (tertiary/aromatic N) is 2. The second kappa shape index (κ2) is 4.99. The number of anilines is 1. The fourth-order valence-corrected chi connectivity index (χ4v) is 3.44. The number of hydrogen-bond acceptors (Lipinski definition) is 5. The van der Waals surface area contributed by atoms with Crippen LogP contribution in [0.15, 0.2) is 23.2 Å². The van der Waals surface area contributed by atoms with Crippen molar-refractivity contribution >= 4 is 15.8 Å². The Hall–Kier alpha value is -1.18. The molecule has 0 aliphatic carbocycles. The van der Waals surface area contributed by atoms with Crippen LogP contribution in [-0.2, 0) is 10.0 Å². The zero-order valence-corrected chi connectivity index (χ0v) is 10.3. The van der Waals surface area contributed by atoms with Crippen molar-refractivity contribution < 1.29 is 8.42 Å². The summed E-state index contributed by atoms with van der Waals surface area (Å²) in [5.41, 5.74) is 2.35. The van der Waals surface area contributed by atoms with Crippen molar-refractivity contribution in [1.29, 1.82) is 0 Å². The molecule has 0 bridgehead atoms. The zero-order valence-electron chi connectivity index (χ0n) is 9.46. The molecule has 0 unspecified atom stereocenters. The number of hydrazine groups is 1. The maximum absolute atomic E-state index is 12.3. The minimum atomic E-state index is -3.40. The topological polar surface area (TPSA) is 88.3 Å². The number of aromatic nitrogens is 1. The monoisotopic (exact) mass is 256 g/mol. The molecule has 0 aromatic carbocycles. The quantitative estimate of drug-likeness (QED) is 0.609. The van der Waals surface area contributed by atoms with Crippen molar-refractivity contribution in [3.05, 3.63) is 18.3 Å². The fourth-order valence-electron chi connectivity index (χ4n) is 1.90. The van der Waals surface area contributed by atoms with Crippen LogP contribution in [0.2, 0.25) is 0 Å². The van der Waals surface area contributed by atoms with Crippen molar-refractivity contribution in [2.75, 3.05) is 18.5 Å². The molecule has 1 aliphatic heterocycles. The van der Waals surface area contributed by atoms with Crippen LogP contribution in [0, 0.1) is 0 Å². The van der Waals surface area contributed by atoms with E-state index in [0.717, 1.165) is 19.3 Å². The molecule has 7 heteroatoms. The molecule has 0 saturated carbocycles. The van der Waals surface area contributed by atoms with Crippen molar-refractivity contribution in [2.45, 2.75) is 24.2 Å². The third kappa shape index (κ3) is 2.56. The van der Waals surface area contributed by atoms with Gasteiger partial charge in [-0.2, -0.15) is 4.31 Å². The van der Waals surface area contributed by atoms with E-state index in [0.29, 0.717) is 18.9 Å². The van der Waals surface area contributed by atoms with Gasteiger partial charge < -0.3 is 5.43 Å². The Morgan fingerprint density at radius 2 is 2.00 bits per heavy atom. The minimum absolute atomic E-state index is 0.238. The van der Waals surface area contributed by atoms with Crippen LogP contribution in [0.5, 0.6) is 0 Å². The summed E-state index contributed by atoms with van der Waals surface area (Å²) in [6.07, 6.45) is 4.38. The third-order valence-electron chi connectivity index (χ3n) is 2.83. The lowest BCUT2D eigenvalue weighted by Crippen LogP contribution is -2.35. The molecule has 17 heavy (non-hydrogen) atoms. The van der Waals surface area contributed by atoms with Crippen LogP contribution in [0.3, 0.4) is 0 Å². The molecule has 6 nitrogen and oxygen atoms in total. The second-order valence-corrected chi connectivity index (χ2v) is 5.92. The van der Waals surface area contributed by atoms with Crippen LogP contribution < -0.4 is 11.3 Å². The lowest BCUT2D eigenvalue weighted by molar-refractivity contribution is 0.346. The predicted molar refractivity (Wildman–Crippen MR) is 64.7 cm³/mol.